The van der Waals surface area contributed by atoms with E-state index in [1.807, 2.05) is 249 Å². The van der Waals surface area contributed by atoms with Gasteiger partial charge in [-0.25, -0.2) is 0 Å². The zero-order valence-corrected chi connectivity index (χ0v) is 69.9. The third-order valence-corrected chi connectivity index (χ3v) is 25.6. The van der Waals surface area contributed by atoms with Crippen LogP contribution in [0.2, 0.25) is 0 Å². The molecule has 602 valence electrons. The SMILES string of the molecule is N#Cc1cccc(-c2ccc3c4ccccc4n(-c4c(-c5cccc(C#N)c5)ccc(-n5c6cc(-c7cccc(C#N)c7)ccc6c6c(-c7ccc(-c8ccc9c(c8)c8cc(-c%10ccccc%10C#N)ccc8n9-c8c(-c9cccc(C#N)c9)ccc(-n9c%10ccc(-c%11ccccc%11C#N)cc%10c%10cc(-c%11ccccc%11C#N)ccc%109)c8C#N)c(C#N)c7)cccc65)c4C#N)c3c2)c1. The summed E-state index contributed by atoms with van der Waals surface area (Å²) < 4.78 is 8.52. The van der Waals surface area contributed by atoms with E-state index in [4.69, 9.17) is 0 Å². The van der Waals surface area contributed by atoms with E-state index in [1.54, 1.807) is 42.5 Å². The minimum atomic E-state index is 0.293. The Morgan fingerprint density at radius 1 is 0.159 bits per heavy atom. The van der Waals surface area contributed by atoms with Crippen molar-refractivity contribution < 1.29 is 0 Å². The molecule has 0 aliphatic rings. The summed E-state index contributed by atoms with van der Waals surface area (Å²) in [6.45, 7) is 0. The summed E-state index contributed by atoms with van der Waals surface area (Å²) in [6.07, 6.45) is 0. The number of nitrogens with zero attached hydrogens (tertiary/aromatic N) is 14. The first-order valence-corrected chi connectivity index (χ1v) is 42.5. The molecule has 0 unspecified atom stereocenters. The number of nitriles is 10. The molecule has 22 aromatic rings. The van der Waals surface area contributed by atoms with E-state index in [0.717, 1.165) is 137 Å². The zero-order valence-electron chi connectivity index (χ0n) is 69.9. The standard InChI is InChI=1S/C118H60N14/c119-61-71-14-9-21-75(50-71)77-32-40-98-97-28-7-8-30-106(97)132(114(98)59-77)118-96(80-24-12-17-74(53-80)64-122)43-49-112(105(118)70-128)130-113-31-13-29-94(116(113)99-41-33-78(60-115(99)130)76-22-10-15-72(51-76)62-120)81-34-39-93(89(54-81)68-126)85-38-47-110-103(58-85)102-57-84(92-27-6-3-20-88(92)67-125)37-46-109(102)131(110)117-95(79-23-11-16-73(52-79)63-121)42-48-111(104(117)69-127)129-107-44-35-82(90-25-4-1-18-86(90)65-123)55-100(107)101-56-83(36-45-108(101)129)91-26-5-2-19-87(91)66-124/h1-60H. The number of fused-ring (bicyclic) bond motifs is 12. The van der Waals surface area contributed by atoms with Crippen LogP contribution in [0.1, 0.15) is 55.6 Å². The van der Waals surface area contributed by atoms with Crippen LogP contribution in [-0.2, 0) is 0 Å². The van der Waals surface area contributed by atoms with Crippen molar-refractivity contribution in [3.8, 4) is 184 Å². The molecule has 132 heavy (non-hydrogen) atoms. The lowest BCUT2D eigenvalue weighted by Gasteiger charge is -2.20. The molecule has 0 atom stereocenters. The Morgan fingerprint density at radius 2 is 0.462 bits per heavy atom. The van der Waals surface area contributed by atoms with Crippen LogP contribution >= 0.6 is 0 Å². The van der Waals surface area contributed by atoms with Gasteiger partial charge >= 0.3 is 0 Å². The second kappa shape index (κ2) is 31.7. The summed E-state index contributed by atoms with van der Waals surface area (Å²) in [5.74, 6) is 0. The average Bonchev–Trinajstić information content (AvgIpc) is 1.55. The molecule has 14 nitrogen and oxygen atoms in total. The topological polar surface area (TPSA) is 258 Å². The van der Waals surface area contributed by atoms with Gasteiger partial charge in [0.25, 0.3) is 0 Å². The van der Waals surface area contributed by atoms with Gasteiger partial charge in [0, 0.05) is 54.2 Å². The molecule has 0 radical (unpaired) electrons. The number of para-hydroxylation sites is 1. The molecule has 0 fully saturated rings. The Morgan fingerprint density at radius 3 is 0.909 bits per heavy atom. The fraction of sp³-hybridized carbons (Fsp3) is 0. The molecular weight excluding hydrogens is 1610 g/mol. The third-order valence-electron chi connectivity index (χ3n) is 25.6. The molecule has 0 spiro atoms. The first-order chi connectivity index (χ1) is 65.0. The lowest BCUT2D eigenvalue weighted by molar-refractivity contribution is 1.12. The van der Waals surface area contributed by atoms with Crippen LogP contribution in [-0.4, -0.2) is 18.3 Å². The third kappa shape index (κ3) is 12.5. The number of rotatable bonds is 13. The Kier molecular flexibility index (Phi) is 18.7. The van der Waals surface area contributed by atoms with Gasteiger partial charge in [-0.1, -0.05) is 206 Å². The van der Waals surface area contributed by atoms with E-state index in [-0.39, 0.29) is 0 Å². The van der Waals surface area contributed by atoms with Gasteiger partial charge in [-0.3, -0.25) is 0 Å². The fourth-order valence-corrected chi connectivity index (χ4v) is 19.6. The second-order valence-corrected chi connectivity index (χ2v) is 32.5. The van der Waals surface area contributed by atoms with E-state index < -0.39 is 0 Å². The first kappa shape index (κ1) is 78.1. The van der Waals surface area contributed by atoms with E-state index in [9.17, 15) is 52.6 Å². The highest BCUT2D eigenvalue weighted by Crippen LogP contribution is 2.50. The van der Waals surface area contributed by atoms with Crippen LogP contribution in [0.5, 0.6) is 0 Å². The molecule has 0 saturated carbocycles. The summed E-state index contributed by atoms with van der Waals surface area (Å²) in [6, 6.07) is 142. The molecule has 0 N–H and O–H groups in total. The second-order valence-electron chi connectivity index (χ2n) is 32.5. The Bertz CT molecular complexity index is 9220. The van der Waals surface area contributed by atoms with E-state index in [2.05, 4.69) is 152 Å². The van der Waals surface area contributed by atoms with Gasteiger partial charge < -0.3 is 18.3 Å². The summed E-state index contributed by atoms with van der Waals surface area (Å²) >= 11 is 0. The molecule has 0 aliphatic heterocycles. The highest BCUT2D eigenvalue weighted by Gasteiger charge is 2.30. The van der Waals surface area contributed by atoms with Gasteiger partial charge in [0.15, 0.2) is 0 Å². The van der Waals surface area contributed by atoms with Gasteiger partial charge in [0.1, 0.15) is 23.3 Å². The summed E-state index contributed by atoms with van der Waals surface area (Å²) in [4.78, 5) is 0. The summed E-state index contributed by atoms with van der Waals surface area (Å²) in [7, 11) is 0. The molecule has 14 heteroatoms. The predicted molar refractivity (Wildman–Crippen MR) is 520 cm³/mol. The molecule has 0 bridgehead atoms. The lowest BCUT2D eigenvalue weighted by Crippen LogP contribution is -2.06. The molecule has 18 aromatic carbocycles. The maximum Gasteiger partial charge on any atom is 0.104 e. The van der Waals surface area contributed by atoms with Crippen molar-refractivity contribution >= 4 is 87.2 Å². The lowest BCUT2D eigenvalue weighted by atomic mass is 9.92. The van der Waals surface area contributed by atoms with Crippen molar-refractivity contribution in [2.75, 3.05) is 0 Å². The van der Waals surface area contributed by atoms with Crippen molar-refractivity contribution in [2.24, 2.45) is 0 Å². The fourth-order valence-electron chi connectivity index (χ4n) is 19.6. The Balaban J connectivity index is 0.755. The minimum absolute atomic E-state index is 0.293. The van der Waals surface area contributed by atoms with Crippen molar-refractivity contribution in [3.05, 3.63) is 420 Å². The maximum atomic E-state index is 12.4. The monoisotopic (exact) mass is 1670 g/mol. The van der Waals surface area contributed by atoms with Crippen LogP contribution in [0, 0.1) is 113 Å². The van der Waals surface area contributed by atoms with E-state index in [1.165, 1.54) is 0 Å². The highest BCUT2D eigenvalue weighted by atomic mass is 15.0. The molecule has 4 heterocycles. The van der Waals surface area contributed by atoms with E-state index in [0.29, 0.717) is 128 Å². The molecule has 4 aromatic heterocycles. The van der Waals surface area contributed by atoms with Crippen molar-refractivity contribution in [3.63, 3.8) is 0 Å². The van der Waals surface area contributed by atoms with Gasteiger partial charge in [0.2, 0.25) is 0 Å². The summed E-state index contributed by atoms with van der Waals surface area (Å²) in [5, 5.41) is 116. The van der Waals surface area contributed by atoms with Gasteiger partial charge in [-0.15, -0.1) is 0 Å². The zero-order chi connectivity index (χ0) is 89.5. The number of benzene rings is 18. The largest absolute Gasteiger partial charge is 0.308 e. The van der Waals surface area contributed by atoms with Gasteiger partial charge in [-0.05, 0) is 247 Å². The molecule has 0 saturated heterocycles. The van der Waals surface area contributed by atoms with Crippen molar-refractivity contribution in [2.45, 2.75) is 0 Å². The summed E-state index contributed by atoms with van der Waals surface area (Å²) in [5.41, 5.74) is 26.1. The molecule has 0 amide bonds. The predicted octanol–water partition coefficient (Wildman–Crippen LogP) is 27.8. The van der Waals surface area contributed by atoms with Crippen LogP contribution < -0.4 is 0 Å². The van der Waals surface area contributed by atoms with E-state index >= 15 is 0 Å². The normalized spacial score (nSPS) is 11.1. The maximum absolute atomic E-state index is 12.4. The van der Waals surface area contributed by atoms with Crippen LogP contribution in [0.25, 0.3) is 210 Å². The van der Waals surface area contributed by atoms with Crippen LogP contribution in [0.3, 0.4) is 0 Å². The van der Waals surface area contributed by atoms with Gasteiger partial charge in [0.05, 0.1) is 160 Å². The smallest absolute Gasteiger partial charge is 0.104 e. The van der Waals surface area contributed by atoms with Crippen LogP contribution in [0.4, 0.5) is 0 Å². The highest BCUT2D eigenvalue weighted by molar-refractivity contribution is 6.19. The molecule has 0 aliphatic carbocycles. The van der Waals surface area contributed by atoms with Gasteiger partial charge in [-0.2, -0.15) is 52.6 Å². The molecule has 22 rings (SSSR count). The number of aromatic nitrogens is 4. The first-order valence-electron chi connectivity index (χ1n) is 42.5. The van der Waals surface area contributed by atoms with Crippen molar-refractivity contribution in [1.82, 2.24) is 18.3 Å². The average molecular weight is 1670 g/mol. The van der Waals surface area contributed by atoms with Crippen LogP contribution in [0.15, 0.2) is 364 Å². The number of hydrogen-bond donors (Lipinski definition) is 0. The number of hydrogen-bond acceptors (Lipinski definition) is 10. The Hall–Kier alpha value is -19.9. The molecular formula is C118H60N14. The Labute approximate surface area is 756 Å². The quantitative estimate of drug-likeness (QED) is 0.105. The minimum Gasteiger partial charge on any atom is -0.308 e. The van der Waals surface area contributed by atoms with Crippen molar-refractivity contribution in [1.29, 1.82) is 52.6 Å².